The van der Waals surface area contributed by atoms with Crippen LogP contribution in [0, 0.1) is 5.41 Å². The van der Waals surface area contributed by atoms with E-state index in [-0.39, 0.29) is 46.2 Å². The minimum atomic E-state index is -1.31. The van der Waals surface area contributed by atoms with E-state index < -0.39 is 17.7 Å². The first kappa shape index (κ1) is 22.1. The number of nitrogens with zero attached hydrogens (tertiary/aromatic N) is 1. The fourth-order valence-corrected chi connectivity index (χ4v) is 3.62. The van der Waals surface area contributed by atoms with Crippen molar-refractivity contribution in [2.75, 3.05) is 0 Å². The van der Waals surface area contributed by atoms with E-state index in [0.717, 1.165) is 0 Å². The number of fused-ring (bicyclic) bond motifs is 1. The van der Waals surface area contributed by atoms with Crippen LogP contribution >= 0.6 is 0 Å². The molecule has 1 heterocycles. The number of nitrogens with one attached hydrogen (secondary N) is 3. The van der Waals surface area contributed by atoms with Crippen molar-refractivity contribution in [2.45, 2.75) is 6.54 Å². The number of phenolic OH excluding ortho intramolecular Hbond substituents is 2. The zero-order valence-corrected chi connectivity index (χ0v) is 17.6. The number of H-pyrrole nitrogens is 1. The molecule has 0 spiro atoms. The Hall–Kier alpha value is -5.06. The Labute approximate surface area is 192 Å². The van der Waals surface area contributed by atoms with Gasteiger partial charge < -0.3 is 37.1 Å². The topological polar surface area (TPSA) is 211 Å². The van der Waals surface area contributed by atoms with Crippen LogP contribution in [0.25, 0.3) is 33.5 Å². The molecule has 0 aliphatic heterocycles. The quantitative estimate of drug-likeness (QED) is 0.159. The van der Waals surface area contributed by atoms with E-state index >= 15 is 0 Å². The van der Waals surface area contributed by atoms with Gasteiger partial charge in [-0.1, -0.05) is 6.07 Å². The number of aromatic hydroxyl groups is 2. The van der Waals surface area contributed by atoms with E-state index in [4.69, 9.17) is 16.9 Å². The predicted octanol–water partition coefficient (Wildman–Crippen LogP) is 2.46. The van der Waals surface area contributed by atoms with Crippen molar-refractivity contribution in [2.24, 2.45) is 11.5 Å². The van der Waals surface area contributed by atoms with Crippen molar-refractivity contribution < 1.29 is 24.9 Å². The lowest BCUT2D eigenvalue weighted by molar-refractivity contribution is 0.0697. The number of imidazole rings is 1. The van der Waals surface area contributed by atoms with Gasteiger partial charge in [0.15, 0.2) is 0 Å². The van der Waals surface area contributed by atoms with E-state index in [1.54, 1.807) is 18.2 Å². The van der Waals surface area contributed by atoms with Crippen molar-refractivity contribution in [3.63, 3.8) is 0 Å². The Morgan fingerprint density at radius 3 is 2.47 bits per heavy atom. The normalized spacial score (nSPS) is 10.8. The minimum absolute atomic E-state index is 0.0352. The second kappa shape index (κ2) is 8.47. The lowest BCUT2D eigenvalue weighted by atomic mass is 9.93. The Bertz CT molecular complexity index is 1480. The number of nitrogens with two attached hydrogens (primary N) is 2. The molecule has 0 aliphatic carbocycles. The zero-order chi connectivity index (χ0) is 24.6. The van der Waals surface area contributed by atoms with Gasteiger partial charge in [-0.2, -0.15) is 0 Å². The van der Waals surface area contributed by atoms with Gasteiger partial charge in [-0.25, -0.2) is 14.6 Å². The molecular formula is C23H20N6O5. The molecule has 0 saturated heterocycles. The standard InChI is InChI=1S/C23H20N6O5/c24-20(25)11-2-5-15-16(8-11)29-21(28-15)13-4-3-12(22(32)33)18(19(13)31)14-7-10(1-6-17(14)30)9-27-23(26)34/h1-8,30-31H,9H2,(H3,24,25)(H,28,29)(H,32,33)(H3,26,27,34). The number of carbonyl (C=O) groups excluding carboxylic acids is 1. The number of carbonyl (C=O) groups is 2. The summed E-state index contributed by atoms with van der Waals surface area (Å²) in [5.74, 6) is -1.87. The number of benzene rings is 3. The molecule has 11 heteroatoms. The molecule has 1 aromatic heterocycles. The number of rotatable bonds is 6. The first-order valence-electron chi connectivity index (χ1n) is 9.95. The lowest BCUT2D eigenvalue weighted by Crippen LogP contribution is -2.28. The van der Waals surface area contributed by atoms with Crippen LogP contribution in [-0.4, -0.2) is 43.1 Å². The maximum absolute atomic E-state index is 11.9. The predicted molar refractivity (Wildman–Crippen MR) is 125 cm³/mol. The summed E-state index contributed by atoms with van der Waals surface area (Å²) >= 11 is 0. The average Bonchev–Trinajstić information content (AvgIpc) is 3.21. The molecule has 0 fully saturated rings. The fourth-order valence-electron chi connectivity index (χ4n) is 3.62. The van der Waals surface area contributed by atoms with Gasteiger partial charge in [0.05, 0.1) is 22.2 Å². The van der Waals surface area contributed by atoms with Crippen molar-refractivity contribution in [3.05, 3.63) is 65.2 Å². The number of amides is 2. The number of nitrogen functional groups attached to an aromatic ring is 1. The third kappa shape index (κ3) is 4.05. The zero-order valence-electron chi connectivity index (χ0n) is 17.6. The van der Waals surface area contributed by atoms with Crippen LogP contribution in [0.3, 0.4) is 0 Å². The molecular weight excluding hydrogens is 440 g/mol. The molecule has 2 amide bonds. The molecule has 4 rings (SSSR count). The largest absolute Gasteiger partial charge is 0.507 e. The van der Waals surface area contributed by atoms with Crippen LogP contribution in [0.2, 0.25) is 0 Å². The summed E-state index contributed by atoms with van der Waals surface area (Å²) in [6, 6.07) is 11.2. The summed E-state index contributed by atoms with van der Waals surface area (Å²) in [7, 11) is 0. The number of amidine groups is 1. The van der Waals surface area contributed by atoms with Crippen LogP contribution in [0.1, 0.15) is 21.5 Å². The van der Waals surface area contributed by atoms with Crippen LogP contribution in [0.4, 0.5) is 4.79 Å². The maximum atomic E-state index is 11.9. The number of phenols is 2. The lowest BCUT2D eigenvalue weighted by Gasteiger charge is -2.15. The Morgan fingerprint density at radius 2 is 1.79 bits per heavy atom. The van der Waals surface area contributed by atoms with Gasteiger partial charge in [-0.05, 0) is 48.0 Å². The van der Waals surface area contributed by atoms with Crippen LogP contribution in [-0.2, 0) is 6.54 Å². The number of hydrogen-bond acceptors (Lipinski definition) is 6. The number of hydrogen-bond donors (Lipinski definition) is 8. The summed E-state index contributed by atoms with van der Waals surface area (Å²) in [6.45, 7) is 0.0352. The van der Waals surface area contributed by atoms with E-state index in [9.17, 15) is 24.9 Å². The van der Waals surface area contributed by atoms with Crippen LogP contribution in [0.5, 0.6) is 11.5 Å². The molecule has 0 bridgehead atoms. The van der Waals surface area contributed by atoms with Gasteiger partial charge in [0.25, 0.3) is 0 Å². The highest BCUT2D eigenvalue weighted by molar-refractivity contribution is 6.02. The second-order valence-electron chi connectivity index (χ2n) is 7.49. The third-order valence-electron chi connectivity index (χ3n) is 5.25. The SMILES string of the molecule is N=C(N)c1ccc2nc(-c3ccc(C(=O)O)c(-c4cc(CNC(N)=O)ccc4O)c3O)[nH]c2c1. The number of aromatic amines is 1. The number of carboxylic acid groups (broad SMARTS) is 1. The summed E-state index contributed by atoms with van der Waals surface area (Å²) < 4.78 is 0. The summed E-state index contributed by atoms with van der Waals surface area (Å²) in [5.41, 5.74) is 12.6. The molecule has 0 atom stereocenters. The second-order valence-corrected chi connectivity index (χ2v) is 7.49. The minimum Gasteiger partial charge on any atom is -0.507 e. The first-order chi connectivity index (χ1) is 16.2. The van der Waals surface area contributed by atoms with E-state index in [2.05, 4.69) is 15.3 Å². The van der Waals surface area contributed by atoms with Crippen LogP contribution in [0.15, 0.2) is 48.5 Å². The van der Waals surface area contributed by atoms with Crippen molar-refractivity contribution in [1.82, 2.24) is 15.3 Å². The van der Waals surface area contributed by atoms with Gasteiger partial charge in [0.2, 0.25) is 0 Å². The number of urea groups is 1. The Balaban J connectivity index is 1.89. The van der Waals surface area contributed by atoms with Gasteiger partial charge in [0.1, 0.15) is 23.2 Å². The average molecular weight is 460 g/mol. The summed E-state index contributed by atoms with van der Waals surface area (Å²) in [6.07, 6.45) is 0. The Morgan fingerprint density at radius 1 is 1.03 bits per heavy atom. The molecule has 0 saturated carbocycles. The molecule has 172 valence electrons. The van der Waals surface area contributed by atoms with Gasteiger partial charge in [-0.3, -0.25) is 5.41 Å². The first-order valence-corrected chi connectivity index (χ1v) is 9.95. The number of carboxylic acids is 1. The fraction of sp³-hybridized carbons (Fsp3) is 0.0435. The van der Waals surface area contributed by atoms with Crippen molar-refractivity contribution >= 4 is 28.9 Å². The summed E-state index contributed by atoms with van der Waals surface area (Å²) in [4.78, 5) is 30.5. The molecule has 0 unspecified atom stereocenters. The number of aromatic nitrogens is 2. The highest BCUT2D eigenvalue weighted by Crippen LogP contribution is 2.43. The maximum Gasteiger partial charge on any atom is 0.336 e. The molecule has 4 aromatic rings. The van der Waals surface area contributed by atoms with E-state index in [1.807, 2.05) is 0 Å². The number of aromatic carboxylic acids is 1. The molecule has 0 aliphatic rings. The molecule has 3 aromatic carbocycles. The van der Waals surface area contributed by atoms with Gasteiger partial charge >= 0.3 is 12.0 Å². The highest BCUT2D eigenvalue weighted by atomic mass is 16.4. The van der Waals surface area contributed by atoms with E-state index in [0.29, 0.717) is 22.2 Å². The van der Waals surface area contributed by atoms with Gasteiger partial charge in [0, 0.05) is 23.2 Å². The smallest absolute Gasteiger partial charge is 0.336 e. The van der Waals surface area contributed by atoms with E-state index in [1.165, 1.54) is 30.3 Å². The molecule has 34 heavy (non-hydrogen) atoms. The van der Waals surface area contributed by atoms with Gasteiger partial charge in [-0.15, -0.1) is 0 Å². The Kier molecular flexibility index (Phi) is 5.51. The number of primary amides is 1. The third-order valence-corrected chi connectivity index (χ3v) is 5.25. The highest BCUT2D eigenvalue weighted by Gasteiger charge is 2.23. The summed E-state index contributed by atoms with van der Waals surface area (Å²) in [5, 5.41) is 41.4. The van der Waals surface area contributed by atoms with Crippen LogP contribution < -0.4 is 16.8 Å². The molecule has 11 nitrogen and oxygen atoms in total. The van der Waals surface area contributed by atoms with Crippen molar-refractivity contribution in [3.8, 4) is 34.0 Å². The molecule has 10 N–H and O–H groups in total. The monoisotopic (exact) mass is 460 g/mol. The van der Waals surface area contributed by atoms with Crippen molar-refractivity contribution in [1.29, 1.82) is 5.41 Å². The molecule has 0 radical (unpaired) electrons.